The van der Waals surface area contributed by atoms with Crippen LogP contribution in [-0.2, 0) is 27.7 Å². The van der Waals surface area contributed by atoms with Gasteiger partial charge in [0.1, 0.15) is 0 Å². The van der Waals surface area contributed by atoms with E-state index in [4.69, 9.17) is 13.3 Å². The zero-order valence-electron chi connectivity index (χ0n) is 13.4. The monoisotopic (exact) mass is 318 g/mol. The molecule has 0 saturated heterocycles. The first-order valence-corrected chi connectivity index (χ1v) is 9.39. The molecule has 122 valence electrons. The zero-order valence-corrected chi connectivity index (χ0v) is 14.4. The second-order valence-electron chi connectivity index (χ2n) is 4.91. The van der Waals surface area contributed by atoms with Gasteiger partial charge in [-0.3, -0.25) is 14.4 Å². The highest BCUT2D eigenvalue weighted by Gasteiger charge is 2.51. The molecule has 0 heterocycles. The summed E-state index contributed by atoms with van der Waals surface area (Å²) in [6.07, 6.45) is 4.46. The Morgan fingerprint density at radius 1 is 0.810 bits per heavy atom. The van der Waals surface area contributed by atoms with Gasteiger partial charge in [0.2, 0.25) is 0 Å². The van der Waals surface area contributed by atoms with E-state index >= 15 is 0 Å². The lowest BCUT2D eigenvalue weighted by Gasteiger charge is -2.26. The molecule has 0 fully saturated rings. The van der Waals surface area contributed by atoms with Crippen LogP contribution in [0.2, 0.25) is 6.04 Å². The molecule has 0 N–H and O–H groups in total. The van der Waals surface area contributed by atoms with Crippen LogP contribution in [0.1, 0.15) is 66.2 Å². The van der Waals surface area contributed by atoms with Gasteiger partial charge in [0, 0.05) is 20.3 Å². The molecule has 0 unspecified atom stereocenters. The zero-order chi connectivity index (χ0) is 16.3. The highest BCUT2D eigenvalue weighted by Crippen LogP contribution is 2.22. The quantitative estimate of drug-likeness (QED) is 0.455. The van der Waals surface area contributed by atoms with Crippen LogP contribution >= 0.6 is 0 Å². The first-order valence-electron chi connectivity index (χ1n) is 7.46. The second-order valence-corrected chi connectivity index (χ2v) is 7.38. The molecule has 0 aliphatic carbocycles. The Labute approximate surface area is 127 Å². The van der Waals surface area contributed by atoms with Gasteiger partial charge in [0.25, 0.3) is 17.9 Å². The van der Waals surface area contributed by atoms with Crippen molar-refractivity contribution in [3.05, 3.63) is 0 Å². The molecule has 0 aliphatic heterocycles. The normalized spacial score (nSPS) is 10.9. The van der Waals surface area contributed by atoms with Gasteiger partial charge >= 0.3 is 8.80 Å². The van der Waals surface area contributed by atoms with Crippen LogP contribution < -0.4 is 0 Å². The molecule has 0 bridgehead atoms. The first kappa shape index (κ1) is 19.6. The third kappa shape index (κ3) is 9.22. The van der Waals surface area contributed by atoms with Gasteiger partial charge in [0.15, 0.2) is 0 Å². The topological polar surface area (TPSA) is 78.9 Å². The summed E-state index contributed by atoms with van der Waals surface area (Å²) in [4.78, 5) is 34.3. The third-order valence-corrected chi connectivity index (χ3v) is 5.36. The van der Waals surface area contributed by atoms with Crippen LogP contribution in [-0.4, -0.2) is 26.7 Å². The van der Waals surface area contributed by atoms with E-state index < -0.39 is 26.7 Å². The molecule has 0 atom stereocenters. The van der Waals surface area contributed by atoms with Crippen molar-refractivity contribution in [2.24, 2.45) is 0 Å². The number of hydrogen-bond acceptors (Lipinski definition) is 6. The smallest absolute Gasteiger partial charge is 0.455 e. The van der Waals surface area contributed by atoms with Crippen LogP contribution in [0.4, 0.5) is 0 Å². The predicted molar refractivity (Wildman–Crippen MR) is 79.2 cm³/mol. The van der Waals surface area contributed by atoms with Crippen LogP contribution in [0.5, 0.6) is 0 Å². The molecule has 0 saturated carbocycles. The molecule has 21 heavy (non-hydrogen) atoms. The Morgan fingerprint density at radius 3 is 1.81 bits per heavy atom. The van der Waals surface area contributed by atoms with Crippen LogP contribution in [0, 0.1) is 0 Å². The molecular formula is C14H26O6Si. The second kappa shape index (κ2) is 10.4. The van der Waals surface area contributed by atoms with Gasteiger partial charge in [0.05, 0.1) is 6.04 Å². The molecule has 0 amide bonds. The molecule has 0 spiro atoms. The highest BCUT2D eigenvalue weighted by atomic mass is 28.4. The predicted octanol–water partition coefficient (Wildman–Crippen LogP) is 2.98. The van der Waals surface area contributed by atoms with Crippen molar-refractivity contribution in [2.75, 3.05) is 0 Å². The van der Waals surface area contributed by atoms with E-state index in [1.54, 1.807) is 0 Å². The Balaban J connectivity index is 4.96. The summed E-state index contributed by atoms with van der Waals surface area (Å²) in [5.74, 6) is -1.72. The summed E-state index contributed by atoms with van der Waals surface area (Å²) in [6.45, 7) is 6.34. The summed E-state index contributed by atoms with van der Waals surface area (Å²) in [5.41, 5.74) is 0. The summed E-state index contributed by atoms with van der Waals surface area (Å²) in [7, 11) is -3.62. The van der Waals surface area contributed by atoms with E-state index in [1.165, 1.54) is 13.8 Å². The van der Waals surface area contributed by atoms with Crippen molar-refractivity contribution in [3.8, 4) is 0 Å². The number of carbonyl (C=O) groups excluding carboxylic acids is 3. The lowest BCUT2D eigenvalue weighted by atomic mass is 10.2. The molecule has 0 aliphatic rings. The van der Waals surface area contributed by atoms with Gasteiger partial charge in [-0.15, -0.1) is 0 Å². The minimum Gasteiger partial charge on any atom is -0.455 e. The van der Waals surface area contributed by atoms with E-state index in [2.05, 4.69) is 6.92 Å². The molecule has 0 aromatic carbocycles. The standard InChI is InChI=1S/C14H26O6Si/c1-5-7-8-9-11-21(18-12(3)15,19-13(4)16)20-14(17)10-6-2/h5-11H2,1-4H3. The SMILES string of the molecule is CCCCCC[Si](OC(C)=O)(OC(C)=O)OC(=O)CCC. The molecule has 0 aromatic rings. The van der Waals surface area contributed by atoms with E-state index in [-0.39, 0.29) is 12.5 Å². The Morgan fingerprint density at radius 2 is 1.38 bits per heavy atom. The van der Waals surface area contributed by atoms with E-state index in [1.807, 2.05) is 6.92 Å². The molecule has 0 radical (unpaired) electrons. The highest BCUT2D eigenvalue weighted by molar-refractivity contribution is 6.65. The van der Waals surface area contributed by atoms with Crippen molar-refractivity contribution >= 4 is 26.7 Å². The average Bonchev–Trinajstić information content (AvgIpc) is 2.33. The first-order chi connectivity index (χ1) is 9.85. The van der Waals surface area contributed by atoms with Crippen molar-refractivity contribution in [1.29, 1.82) is 0 Å². The van der Waals surface area contributed by atoms with Gasteiger partial charge in [-0.2, -0.15) is 0 Å². The van der Waals surface area contributed by atoms with Crippen molar-refractivity contribution in [1.82, 2.24) is 0 Å². The Hall–Kier alpha value is -1.37. The van der Waals surface area contributed by atoms with Crippen LogP contribution in [0.15, 0.2) is 0 Å². The maximum Gasteiger partial charge on any atom is 0.705 e. The molecule has 0 aromatic heterocycles. The van der Waals surface area contributed by atoms with E-state index in [9.17, 15) is 14.4 Å². The van der Waals surface area contributed by atoms with E-state index in [0.717, 1.165) is 19.3 Å². The molecular weight excluding hydrogens is 292 g/mol. The Kier molecular flexibility index (Phi) is 9.69. The summed E-state index contributed by atoms with van der Waals surface area (Å²) in [5, 5.41) is 0. The maximum absolute atomic E-state index is 11.7. The van der Waals surface area contributed by atoms with Crippen molar-refractivity contribution in [3.63, 3.8) is 0 Å². The molecule has 7 heteroatoms. The summed E-state index contributed by atoms with van der Waals surface area (Å²) in [6, 6.07) is 0.279. The van der Waals surface area contributed by atoms with Crippen LogP contribution in [0.3, 0.4) is 0 Å². The summed E-state index contributed by atoms with van der Waals surface area (Å²) >= 11 is 0. The molecule has 6 nitrogen and oxygen atoms in total. The largest absolute Gasteiger partial charge is 0.705 e. The minimum absolute atomic E-state index is 0.201. The average molecular weight is 318 g/mol. The van der Waals surface area contributed by atoms with Crippen LogP contribution in [0.25, 0.3) is 0 Å². The maximum atomic E-state index is 11.7. The fourth-order valence-corrected chi connectivity index (χ4v) is 4.29. The summed E-state index contributed by atoms with van der Waals surface area (Å²) < 4.78 is 15.6. The lowest BCUT2D eigenvalue weighted by Crippen LogP contribution is -2.49. The Bertz CT molecular complexity index is 339. The number of carbonyl (C=O) groups is 3. The third-order valence-electron chi connectivity index (χ3n) is 2.66. The van der Waals surface area contributed by atoms with Gasteiger partial charge in [-0.25, -0.2) is 0 Å². The minimum atomic E-state index is -3.62. The van der Waals surface area contributed by atoms with E-state index in [0.29, 0.717) is 12.8 Å². The van der Waals surface area contributed by atoms with Gasteiger partial charge in [-0.1, -0.05) is 33.1 Å². The van der Waals surface area contributed by atoms with Gasteiger partial charge in [-0.05, 0) is 12.8 Å². The number of rotatable bonds is 10. The fourth-order valence-electron chi connectivity index (χ4n) is 1.85. The van der Waals surface area contributed by atoms with Crippen molar-refractivity contribution < 1.29 is 27.7 Å². The fraction of sp³-hybridized carbons (Fsp3) is 0.786. The number of hydrogen-bond donors (Lipinski definition) is 0. The van der Waals surface area contributed by atoms with Gasteiger partial charge < -0.3 is 13.3 Å². The lowest BCUT2D eigenvalue weighted by molar-refractivity contribution is -0.148. The molecule has 0 rings (SSSR count). The number of unbranched alkanes of at least 4 members (excludes halogenated alkanes) is 3. The van der Waals surface area contributed by atoms with Crippen molar-refractivity contribution in [2.45, 2.75) is 72.3 Å².